The van der Waals surface area contributed by atoms with Gasteiger partial charge in [0.25, 0.3) is 0 Å². The molecule has 0 aliphatic rings. The van der Waals surface area contributed by atoms with Crippen molar-refractivity contribution in [3.05, 3.63) is 70.8 Å². The molecule has 2 rings (SSSR count). The first-order valence-electron chi connectivity index (χ1n) is 12.0. The van der Waals surface area contributed by atoms with Crippen LogP contribution in [0.15, 0.2) is 48.5 Å². The van der Waals surface area contributed by atoms with Crippen LogP contribution in [0, 0.1) is 0 Å². The van der Waals surface area contributed by atoms with Gasteiger partial charge in [0.1, 0.15) is 0 Å². The van der Waals surface area contributed by atoms with Gasteiger partial charge in [-0.2, -0.15) is 0 Å². The highest BCUT2D eigenvalue weighted by atomic mass is 31.0. The predicted octanol–water partition coefficient (Wildman–Crippen LogP) is 7.84. The van der Waals surface area contributed by atoms with Gasteiger partial charge in [-0.05, 0) is 62.3 Å². The van der Waals surface area contributed by atoms with Crippen LogP contribution in [0.1, 0.15) is 96.9 Å². The van der Waals surface area contributed by atoms with Crippen LogP contribution in [-0.2, 0) is 20.5 Å². The average Bonchev–Trinajstić information content (AvgIpc) is 2.72. The minimum Gasteiger partial charge on any atom is -0.378 e. The predicted molar refractivity (Wildman–Crippen MR) is 142 cm³/mol. The van der Waals surface area contributed by atoms with Crippen LogP contribution >= 0.6 is 9.24 Å². The van der Waals surface area contributed by atoms with Crippen LogP contribution < -0.4 is 0 Å². The van der Waals surface area contributed by atoms with E-state index in [1.54, 1.807) is 0 Å². The Labute approximate surface area is 199 Å². The summed E-state index contributed by atoms with van der Waals surface area (Å²) in [4.78, 5) is 0. The molecule has 2 nitrogen and oxygen atoms in total. The van der Waals surface area contributed by atoms with Gasteiger partial charge in [-0.3, -0.25) is 0 Å². The fourth-order valence-electron chi connectivity index (χ4n) is 3.79. The summed E-state index contributed by atoms with van der Waals surface area (Å²) in [5, 5.41) is 0.0271. The van der Waals surface area contributed by atoms with Gasteiger partial charge in [0.15, 0.2) is 0 Å². The Morgan fingerprint density at radius 1 is 0.750 bits per heavy atom. The first-order chi connectivity index (χ1) is 14.7. The van der Waals surface area contributed by atoms with Crippen LogP contribution in [0.3, 0.4) is 0 Å². The highest BCUT2D eigenvalue weighted by molar-refractivity contribution is 7.18. The van der Waals surface area contributed by atoms with Gasteiger partial charge in [-0.25, -0.2) is 0 Å². The molecule has 2 atom stereocenters. The van der Waals surface area contributed by atoms with E-state index in [1.807, 2.05) is 0 Å². The van der Waals surface area contributed by atoms with Crippen molar-refractivity contribution in [1.29, 1.82) is 0 Å². The molecule has 0 N–H and O–H groups in total. The van der Waals surface area contributed by atoms with E-state index in [4.69, 9.17) is 9.47 Å². The Bertz CT molecular complexity index is 830. The zero-order valence-electron chi connectivity index (χ0n) is 21.8. The van der Waals surface area contributed by atoms with Crippen LogP contribution in [0.2, 0.25) is 0 Å². The molecular weight excluding hydrogens is 411 g/mol. The van der Waals surface area contributed by atoms with E-state index < -0.39 is 0 Å². The average molecular weight is 457 g/mol. The molecule has 0 aliphatic carbocycles. The third-order valence-corrected chi connectivity index (χ3v) is 6.94. The number of benzene rings is 2. The second-order valence-electron chi connectivity index (χ2n) is 11.1. The Hall–Kier alpha value is -1.21. The molecule has 3 heteroatoms. The summed E-state index contributed by atoms with van der Waals surface area (Å²) in [6.07, 6.45) is 1.19. The van der Waals surface area contributed by atoms with Crippen molar-refractivity contribution in [2.45, 2.75) is 96.9 Å². The minimum absolute atomic E-state index is 0.0271. The third-order valence-electron chi connectivity index (χ3n) is 6.48. The van der Waals surface area contributed by atoms with Gasteiger partial charge >= 0.3 is 0 Å². The Morgan fingerprint density at radius 3 is 1.69 bits per heavy atom. The van der Waals surface area contributed by atoms with E-state index in [9.17, 15) is 0 Å². The molecule has 0 aromatic heterocycles. The first-order valence-corrected chi connectivity index (χ1v) is 12.6. The molecule has 0 spiro atoms. The Balaban J connectivity index is 2.04. The molecule has 0 saturated heterocycles. The Kier molecular flexibility index (Phi) is 9.13. The molecule has 0 bridgehead atoms. The first kappa shape index (κ1) is 27.0. The van der Waals surface area contributed by atoms with Crippen LogP contribution in [0.25, 0.3) is 0 Å². The lowest BCUT2D eigenvalue weighted by molar-refractivity contribution is -0.0306. The molecule has 0 amide bonds. The van der Waals surface area contributed by atoms with Crippen molar-refractivity contribution in [2.75, 3.05) is 13.2 Å². The molecule has 0 saturated carbocycles. The zero-order valence-corrected chi connectivity index (χ0v) is 22.9. The van der Waals surface area contributed by atoms with E-state index in [1.165, 1.54) is 22.3 Å². The molecule has 178 valence electrons. The maximum atomic E-state index is 6.33. The SMILES string of the molecule is CC(C)OCC(C)(P)CCOC(C)(C)c1ccc(C(C)(C)c2ccc(C(C)C)cc2)cc1. The van der Waals surface area contributed by atoms with E-state index in [2.05, 4.69) is 120 Å². The fraction of sp³-hybridized carbons (Fsp3) is 0.586. The standard InChI is InChI=1S/C29H45O2P/c1-21(2)23-10-12-24(13-11-23)27(5,6)25-14-16-26(17-15-25)28(7,8)31-19-18-29(9,32)20-30-22(3)4/h10-17,21-22H,18-20,32H2,1-9H3. The van der Waals surface area contributed by atoms with Gasteiger partial charge in [0, 0.05) is 17.2 Å². The summed E-state index contributed by atoms with van der Waals surface area (Å²) in [7, 11) is 2.93. The normalized spacial score (nSPS) is 14.8. The summed E-state index contributed by atoms with van der Waals surface area (Å²) in [5.41, 5.74) is 4.87. The molecule has 2 aromatic rings. The second kappa shape index (κ2) is 10.8. The van der Waals surface area contributed by atoms with Crippen molar-refractivity contribution in [3.8, 4) is 0 Å². The zero-order chi connectivity index (χ0) is 24.2. The number of hydrogen-bond donors (Lipinski definition) is 0. The van der Waals surface area contributed by atoms with Crippen LogP contribution in [-0.4, -0.2) is 24.5 Å². The van der Waals surface area contributed by atoms with E-state index in [0.717, 1.165) is 13.0 Å². The molecule has 0 radical (unpaired) electrons. The molecule has 0 aliphatic heterocycles. The molecule has 2 aromatic carbocycles. The largest absolute Gasteiger partial charge is 0.378 e. The summed E-state index contributed by atoms with van der Waals surface area (Å²) >= 11 is 0. The molecule has 0 heterocycles. The van der Waals surface area contributed by atoms with Crippen LogP contribution in [0.4, 0.5) is 0 Å². The van der Waals surface area contributed by atoms with Gasteiger partial charge in [-0.15, -0.1) is 9.24 Å². The summed E-state index contributed by atoms with van der Waals surface area (Å²) in [6, 6.07) is 18.0. The molecular formula is C29H45O2P. The quantitative estimate of drug-likeness (QED) is 0.321. The van der Waals surface area contributed by atoms with E-state index in [0.29, 0.717) is 12.5 Å². The van der Waals surface area contributed by atoms with Crippen molar-refractivity contribution in [1.82, 2.24) is 0 Å². The highest BCUT2D eigenvalue weighted by Crippen LogP contribution is 2.34. The van der Waals surface area contributed by atoms with Gasteiger partial charge in [0.2, 0.25) is 0 Å². The maximum absolute atomic E-state index is 6.33. The molecule has 2 unspecified atom stereocenters. The van der Waals surface area contributed by atoms with Crippen molar-refractivity contribution in [2.24, 2.45) is 0 Å². The minimum atomic E-state index is -0.332. The smallest absolute Gasteiger partial charge is 0.0875 e. The summed E-state index contributed by atoms with van der Waals surface area (Å²) < 4.78 is 12.1. The van der Waals surface area contributed by atoms with Crippen molar-refractivity contribution >= 4 is 9.24 Å². The molecule has 0 fully saturated rings. The van der Waals surface area contributed by atoms with Crippen molar-refractivity contribution in [3.63, 3.8) is 0 Å². The monoisotopic (exact) mass is 456 g/mol. The summed E-state index contributed by atoms with van der Waals surface area (Å²) in [6.45, 7) is 21.2. The van der Waals surface area contributed by atoms with Crippen molar-refractivity contribution < 1.29 is 9.47 Å². The maximum Gasteiger partial charge on any atom is 0.0875 e. The number of ether oxygens (including phenoxy) is 2. The number of rotatable bonds is 11. The van der Waals surface area contributed by atoms with Gasteiger partial charge < -0.3 is 9.47 Å². The van der Waals surface area contributed by atoms with E-state index >= 15 is 0 Å². The lowest BCUT2D eigenvalue weighted by Gasteiger charge is -2.31. The van der Waals surface area contributed by atoms with E-state index in [-0.39, 0.29) is 22.3 Å². The lowest BCUT2D eigenvalue weighted by Crippen LogP contribution is -2.30. The fourth-order valence-corrected chi connectivity index (χ4v) is 4.01. The summed E-state index contributed by atoms with van der Waals surface area (Å²) in [5.74, 6) is 0.556. The van der Waals surface area contributed by atoms with Gasteiger partial charge in [-0.1, -0.05) is 83.1 Å². The Morgan fingerprint density at radius 2 is 1.22 bits per heavy atom. The van der Waals surface area contributed by atoms with Gasteiger partial charge in [0.05, 0.1) is 18.3 Å². The second-order valence-corrected chi connectivity index (χ2v) is 12.5. The number of hydrogen-bond acceptors (Lipinski definition) is 2. The highest BCUT2D eigenvalue weighted by Gasteiger charge is 2.27. The van der Waals surface area contributed by atoms with Crippen LogP contribution in [0.5, 0.6) is 0 Å². The molecule has 32 heavy (non-hydrogen) atoms. The topological polar surface area (TPSA) is 18.5 Å². The third kappa shape index (κ3) is 7.41. The lowest BCUT2D eigenvalue weighted by atomic mass is 9.77.